The van der Waals surface area contributed by atoms with Gasteiger partial charge in [-0.15, -0.1) is 11.3 Å². The van der Waals surface area contributed by atoms with Gasteiger partial charge in [-0.1, -0.05) is 0 Å². The lowest BCUT2D eigenvalue weighted by molar-refractivity contribution is -0.0436. The smallest absolute Gasteiger partial charge is 0.374 e. The van der Waals surface area contributed by atoms with Gasteiger partial charge in [0.05, 0.1) is 9.90 Å². The first-order chi connectivity index (χ1) is 10.2. The number of likely N-dealkylation sites (N-methyl/N-ethyl adjacent to an activating group) is 1. The average molecular weight is 350 g/mol. The molecule has 9 heteroatoms. The average Bonchev–Trinajstić information content (AvgIpc) is 2.97. The van der Waals surface area contributed by atoms with E-state index < -0.39 is 20.2 Å². The molecule has 2 aromatic rings. The van der Waals surface area contributed by atoms with Crippen LogP contribution < -0.4 is 4.90 Å². The number of sulfone groups is 1. The largest absolute Gasteiger partial charge is 0.501 e. The molecule has 0 unspecified atom stereocenters. The predicted molar refractivity (Wildman–Crippen MR) is 78.8 cm³/mol. The molecule has 120 valence electrons. The van der Waals surface area contributed by atoms with E-state index in [4.69, 9.17) is 0 Å². The van der Waals surface area contributed by atoms with Crippen molar-refractivity contribution in [2.75, 3.05) is 18.5 Å². The van der Waals surface area contributed by atoms with Crippen LogP contribution in [0.3, 0.4) is 0 Å². The van der Waals surface area contributed by atoms with Crippen molar-refractivity contribution in [3.8, 4) is 0 Å². The van der Waals surface area contributed by atoms with Crippen LogP contribution >= 0.6 is 11.3 Å². The van der Waals surface area contributed by atoms with E-state index >= 15 is 0 Å². The van der Waals surface area contributed by atoms with Crippen LogP contribution in [0.15, 0.2) is 40.7 Å². The van der Waals surface area contributed by atoms with Crippen LogP contribution in [0.25, 0.3) is 0 Å². The number of hydrogen-bond acceptors (Lipinski definition) is 5. The van der Waals surface area contributed by atoms with Crippen molar-refractivity contribution < 1.29 is 21.6 Å². The molecular weight excluding hydrogens is 337 g/mol. The van der Waals surface area contributed by atoms with Crippen molar-refractivity contribution in [2.24, 2.45) is 0 Å². The number of anilines is 1. The maximum absolute atomic E-state index is 12.5. The van der Waals surface area contributed by atoms with Crippen molar-refractivity contribution >= 4 is 26.9 Å². The molecule has 1 aromatic heterocycles. The molecule has 0 amide bonds. The second kappa shape index (κ2) is 6.25. The summed E-state index contributed by atoms with van der Waals surface area (Å²) in [6, 6.07) is 4.66. The van der Waals surface area contributed by atoms with Crippen LogP contribution in [-0.4, -0.2) is 32.5 Å². The molecule has 0 saturated carbocycles. The number of aromatic nitrogens is 1. The molecule has 0 fully saturated rings. The van der Waals surface area contributed by atoms with Crippen LogP contribution in [-0.2, 0) is 16.3 Å². The Morgan fingerprint density at radius 3 is 2.36 bits per heavy atom. The molecule has 0 aliphatic heterocycles. The van der Waals surface area contributed by atoms with E-state index in [2.05, 4.69) is 4.98 Å². The van der Waals surface area contributed by atoms with E-state index in [9.17, 15) is 21.6 Å². The normalized spacial score (nSPS) is 12.4. The fourth-order valence-corrected chi connectivity index (χ4v) is 3.15. The van der Waals surface area contributed by atoms with Gasteiger partial charge >= 0.3 is 5.51 Å². The highest BCUT2D eigenvalue weighted by molar-refractivity contribution is 7.92. The molecule has 0 saturated heterocycles. The quantitative estimate of drug-likeness (QED) is 0.831. The summed E-state index contributed by atoms with van der Waals surface area (Å²) >= 11 is 1.53. The minimum Gasteiger partial charge on any atom is -0.374 e. The molecule has 1 heterocycles. The molecule has 2 rings (SSSR count). The van der Waals surface area contributed by atoms with Gasteiger partial charge in [-0.3, -0.25) is 0 Å². The predicted octanol–water partition coefficient (Wildman–Crippen LogP) is 3.12. The van der Waals surface area contributed by atoms with Gasteiger partial charge in [0.1, 0.15) is 0 Å². The SMILES string of the molecule is CN(CCc1nccs1)c1ccc(S(=O)(=O)C(F)(F)F)cc1. The topological polar surface area (TPSA) is 50.3 Å². The van der Waals surface area contributed by atoms with E-state index in [1.165, 1.54) is 23.5 Å². The Morgan fingerprint density at radius 1 is 1.23 bits per heavy atom. The van der Waals surface area contributed by atoms with Crippen LogP contribution in [0.2, 0.25) is 0 Å². The maximum atomic E-state index is 12.5. The summed E-state index contributed by atoms with van der Waals surface area (Å²) in [5, 5.41) is 2.83. The first-order valence-corrected chi connectivity index (χ1v) is 8.59. The van der Waals surface area contributed by atoms with Gasteiger partial charge in [0.25, 0.3) is 9.84 Å². The van der Waals surface area contributed by atoms with Crippen LogP contribution in [0.1, 0.15) is 5.01 Å². The molecular formula is C13H13F3N2O2S2. The summed E-state index contributed by atoms with van der Waals surface area (Å²) in [7, 11) is -3.51. The van der Waals surface area contributed by atoms with Crippen molar-refractivity contribution in [1.82, 2.24) is 4.98 Å². The van der Waals surface area contributed by atoms with E-state index in [1.54, 1.807) is 13.2 Å². The fourth-order valence-electron chi connectivity index (χ4n) is 1.78. The Labute approximate surface area is 130 Å². The summed E-state index contributed by atoms with van der Waals surface area (Å²) in [6.07, 6.45) is 2.41. The minimum atomic E-state index is -5.29. The van der Waals surface area contributed by atoms with Crippen molar-refractivity contribution in [3.05, 3.63) is 40.8 Å². The second-order valence-corrected chi connectivity index (χ2v) is 7.46. The molecule has 22 heavy (non-hydrogen) atoms. The van der Waals surface area contributed by atoms with Crippen LogP contribution in [0.4, 0.5) is 18.9 Å². The monoisotopic (exact) mass is 350 g/mol. The molecule has 0 aliphatic carbocycles. The first kappa shape index (κ1) is 16.8. The van der Waals surface area contributed by atoms with Crippen LogP contribution in [0, 0.1) is 0 Å². The van der Waals surface area contributed by atoms with Gasteiger partial charge in [0.2, 0.25) is 0 Å². The third-order valence-electron chi connectivity index (χ3n) is 3.04. The van der Waals surface area contributed by atoms with Gasteiger partial charge in [0, 0.05) is 37.3 Å². The van der Waals surface area contributed by atoms with Crippen molar-refractivity contribution in [3.63, 3.8) is 0 Å². The Hall–Kier alpha value is -1.61. The van der Waals surface area contributed by atoms with Gasteiger partial charge in [-0.25, -0.2) is 13.4 Å². The zero-order chi connectivity index (χ0) is 16.4. The number of thiazole rings is 1. The lowest BCUT2D eigenvalue weighted by atomic mass is 10.3. The highest BCUT2D eigenvalue weighted by Gasteiger charge is 2.46. The third-order valence-corrected chi connectivity index (χ3v) is 5.38. The third kappa shape index (κ3) is 3.58. The number of halogens is 3. The van der Waals surface area contributed by atoms with E-state index in [0.29, 0.717) is 18.7 Å². The van der Waals surface area contributed by atoms with Gasteiger partial charge in [-0.05, 0) is 24.3 Å². The molecule has 0 radical (unpaired) electrons. The number of nitrogens with zero attached hydrogens (tertiary/aromatic N) is 2. The molecule has 4 nitrogen and oxygen atoms in total. The lowest BCUT2D eigenvalue weighted by Crippen LogP contribution is -2.23. The molecule has 0 atom stereocenters. The molecule has 0 spiro atoms. The Balaban J connectivity index is 2.08. The van der Waals surface area contributed by atoms with Crippen molar-refractivity contribution in [1.29, 1.82) is 0 Å². The van der Waals surface area contributed by atoms with Gasteiger partial charge < -0.3 is 4.90 Å². The molecule has 0 N–H and O–H groups in total. The van der Waals surface area contributed by atoms with E-state index in [0.717, 1.165) is 17.1 Å². The fraction of sp³-hybridized carbons (Fsp3) is 0.308. The summed E-state index contributed by atoms with van der Waals surface area (Å²) in [5.41, 5.74) is -4.65. The number of hydrogen-bond donors (Lipinski definition) is 0. The minimum absolute atomic E-state index is 0.624. The molecule has 0 bridgehead atoms. The first-order valence-electron chi connectivity index (χ1n) is 6.23. The Kier molecular flexibility index (Phi) is 4.76. The summed E-state index contributed by atoms with van der Waals surface area (Å²) in [5.74, 6) is 0. The highest BCUT2D eigenvalue weighted by Crippen LogP contribution is 2.31. The lowest BCUT2D eigenvalue weighted by Gasteiger charge is -2.19. The number of benzene rings is 1. The zero-order valence-electron chi connectivity index (χ0n) is 11.5. The Bertz CT molecular complexity index is 711. The number of rotatable bonds is 5. The summed E-state index contributed by atoms with van der Waals surface area (Å²) < 4.78 is 59.9. The summed E-state index contributed by atoms with van der Waals surface area (Å²) in [4.78, 5) is 5.21. The highest BCUT2D eigenvalue weighted by atomic mass is 32.2. The Morgan fingerprint density at radius 2 is 1.86 bits per heavy atom. The van der Waals surface area contributed by atoms with Crippen LogP contribution in [0.5, 0.6) is 0 Å². The second-order valence-electron chi connectivity index (χ2n) is 4.54. The number of alkyl halides is 3. The van der Waals surface area contributed by atoms with Gasteiger partial charge in [-0.2, -0.15) is 13.2 Å². The standard InChI is InChI=1S/C13H13F3N2O2S2/c1-18(8-6-12-17-7-9-21-12)10-2-4-11(5-3-10)22(19,20)13(14,15)16/h2-5,7,9H,6,8H2,1H3. The van der Waals surface area contributed by atoms with Gasteiger partial charge in [0.15, 0.2) is 0 Å². The van der Waals surface area contributed by atoms with Crippen molar-refractivity contribution in [2.45, 2.75) is 16.8 Å². The molecule has 1 aromatic carbocycles. The maximum Gasteiger partial charge on any atom is 0.501 e. The molecule has 0 aliphatic rings. The van der Waals surface area contributed by atoms with E-state index in [1.807, 2.05) is 10.3 Å². The van der Waals surface area contributed by atoms with E-state index in [-0.39, 0.29) is 0 Å². The zero-order valence-corrected chi connectivity index (χ0v) is 13.2. The summed E-state index contributed by atoms with van der Waals surface area (Å²) in [6.45, 7) is 0.624.